The molecule has 1 aromatic rings. The predicted molar refractivity (Wildman–Crippen MR) is 78.9 cm³/mol. The van der Waals surface area contributed by atoms with Crippen molar-refractivity contribution in [3.63, 3.8) is 0 Å². The third-order valence-corrected chi connectivity index (χ3v) is 6.36. The molecule has 2 rings (SSSR count). The van der Waals surface area contributed by atoms with Crippen LogP contribution in [0.2, 0.25) is 0 Å². The molecule has 0 aliphatic heterocycles. The molecule has 112 valence electrons. The Balaban J connectivity index is 2.23. The second-order valence-corrected chi connectivity index (χ2v) is 7.51. The van der Waals surface area contributed by atoms with E-state index in [4.69, 9.17) is 4.74 Å². The summed E-state index contributed by atoms with van der Waals surface area (Å²) in [7, 11) is -1.98. The minimum atomic E-state index is -3.60. The first kappa shape index (κ1) is 15.9. The normalized spacial score (nSPS) is 22.6. The molecule has 0 aromatic heterocycles. The Morgan fingerprint density at radius 1 is 1.45 bits per heavy atom. The highest BCUT2D eigenvalue weighted by Crippen LogP contribution is 2.30. The number of halogens is 1. The molecule has 1 saturated carbocycles. The van der Waals surface area contributed by atoms with Crippen molar-refractivity contribution in [2.45, 2.75) is 43.4 Å². The highest BCUT2D eigenvalue weighted by atomic mass is 79.9. The zero-order valence-corrected chi connectivity index (χ0v) is 13.8. The molecule has 0 bridgehead atoms. The van der Waals surface area contributed by atoms with E-state index >= 15 is 0 Å². The summed E-state index contributed by atoms with van der Waals surface area (Å²) in [4.78, 5) is 0.169. The van der Waals surface area contributed by atoms with Crippen LogP contribution in [0.5, 0.6) is 0 Å². The number of nitrogens with one attached hydrogen (secondary N) is 1. The number of hydrogen-bond donors (Lipinski definition) is 2. The van der Waals surface area contributed by atoms with Gasteiger partial charge in [-0.2, -0.15) is 0 Å². The minimum Gasteiger partial charge on any atom is -0.392 e. The molecule has 7 heteroatoms. The van der Waals surface area contributed by atoms with E-state index in [-0.39, 0.29) is 23.6 Å². The summed E-state index contributed by atoms with van der Waals surface area (Å²) in [6, 6.07) is 3.16. The summed E-state index contributed by atoms with van der Waals surface area (Å²) in [5, 5.41) is 9.20. The molecule has 1 aliphatic rings. The number of rotatable bonds is 5. The first-order valence-corrected chi connectivity index (χ1v) is 8.60. The lowest BCUT2D eigenvalue weighted by atomic mass is 9.90. The second-order valence-electron chi connectivity index (χ2n) is 5.03. The van der Waals surface area contributed by atoms with Crippen LogP contribution in [0.15, 0.2) is 21.5 Å². The molecular formula is C13H18BrNO4S. The van der Waals surface area contributed by atoms with E-state index in [1.54, 1.807) is 20.1 Å². The zero-order valence-electron chi connectivity index (χ0n) is 11.4. The number of methoxy groups -OCH3 is 1. The molecule has 2 N–H and O–H groups in total. The SMILES string of the molecule is COC1CC(NS(=O)(=O)c2cc(CO)cc(C)c2Br)C1. The summed E-state index contributed by atoms with van der Waals surface area (Å²) in [6.45, 7) is 1.61. The van der Waals surface area contributed by atoms with Crippen LogP contribution in [0.3, 0.4) is 0 Å². The first-order chi connectivity index (χ1) is 9.37. The van der Waals surface area contributed by atoms with Gasteiger partial charge in [-0.3, -0.25) is 0 Å². The van der Waals surface area contributed by atoms with Gasteiger partial charge in [-0.1, -0.05) is 6.07 Å². The standard InChI is InChI=1S/C13H18BrNO4S/c1-8-3-9(7-16)4-12(13(8)14)20(17,18)15-10-5-11(6-10)19-2/h3-4,10-11,15-16H,5-7H2,1-2H3. The molecule has 0 atom stereocenters. The molecule has 0 amide bonds. The summed E-state index contributed by atoms with van der Waals surface area (Å²) in [6.07, 6.45) is 1.51. The summed E-state index contributed by atoms with van der Waals surface area (Å²) in [5.41, 5.74) is 1.36. The van der Waals surface area contributed by atoms with Crippen LogP contribution in [0.1, 0.15) is 24.0 Å². The van der Waals surface area contributed by atoms with Crippen LogP contribution >= 0.6 is 15.9 Å². The van der Waals surface area contributed by atoms with E-state index in [2.05, 4.69) is 20.7 Å². The fraction of sp³-hybridized carbons (Fsp3) is 0.538. The average Bonchev–Trinajstić information content (AvgIpc) is 2.36. The van der Waals surface area contributed by atoms with Crippen molar-refractivity contribution in [3.8, 4) is 0 Å². The number of hydrogen-bond acceptors (Lipinski definition) is 4. The van der Waals surface area contributed by atoms with Crippen molar-refractivity contribution in [2.75, 3.05) is 7.11 Å². The Hall–Kier alpha value is -0.470. The maximum Gasteiger partial charge on any atom is 0.241 e. The lowest BCUT2D eigenvalue weighted by molar-refractivity contribution is 0.0236. The van der Waals surface area contributed by atoms with Gasteiger partial charge in [0.25, 0.3) is 0 Å². The quantitative estimate of drug-likeness (QED) is 0.834. The number of sulfonamides is 1. The Labute approximate surface area is 127 Å². The van der Waals surface area contributed by atoms with E-state index in [9.17, 15) is 13.5 Å². The molecule has 1 aromatic carbocycles. The van der Waals surface area contributed by atoms with Crippen molar-refractivity contribution in [1.82, 2.24) is 4.72 Å². The van der Waals surface area contributed by atoms with Crippen LogP contribution < -0.4 is 4.72 Å². The predicted octanol–water partition coefficient (Wildman–Crippen LogP) is 1.71. The molecule has 0 heterocycles. The van der Waals surface area contributed by atoms with E-state index < -0.39 is 10.0 Å². The van der Waals surface area contributed by atoms with Crippen molar-refractivity contribution in [2.24, 2.45) is 0 Å². The largest absolute Gasteiger partial charge is 0.392 e. The van der Waals surface area contributed by atoms with Crippen LogP contribution in [-0.2, 0) is 21.4 Å². The summed E-state index contributed by atoms with van der Waals surface area (Å²) < 4.78 is 33.2. The lowest BCUT2D eigenvalue weighted by Gasteiger charge is -2.34. The third-order valence-electron chi connectivity index (χ3n) is 3.50. The molecular weight excluding hydrogens is 346 g/mol. The maximum atomic E-state index is 12.4. The Morgan fingerprint density at radius 3 is 2.65 bits per heavy atom. The highest BCUT2D eigenvalue weighted by molar-refractivity contribution is 9.10. The molecule has 1 fully saturated rings. The van der Waals surface area contributed by atoms with Crippen LogP contribution in [0.4, 0.5) is 0 Å². The fourth-order valence-electron chi connectivity index (χ4n) is 2.23. The molecule has 0 spiro atoms. The Bertz CT molecular complexity index is 597. The van der Waals surface area contributed by atoms with Gasteiger partial charge in [0.2, 0.25) is 10.0 Å². The topological polar surface area (TPSA) is 75.6 Å². The number of aryl methyl sites for hydroxylation is 1. The van der Waals surface area contributed by atoms with Gasteiger partial charge in [-0.05, 0) is 52.9 Å². The molecule has 0 unspecified atom stereocenters. The van der Waals surface area contributed by atoms with Gasteiger partial charge in [0, 0.05) is 17.6 Å². The van der Waals surface area contributed by atoms with E-state index in [0.29, 0.717) is 22.9 Å². The molecule has 1 aliphatic carbocycles. The second kappa shape index (κ2) is 6.11. The number of aliphatic hydroxyl groups is 1. The molecule has 20 heavy (non-hydrogen) atoms. The minimum absolute atomic E-state index is 0.0880. The van der Waals surface area contributed by atoms with Crippen molar-refractivity contribution in [1.29, 1.82) is 0 Å². The summed E-state index contributed by atoms with van der Waals surface area (Å²) in [5.74, 6) is 0. The van der Waals surface area contributed by atoms with E-state index in [0.717, 1.165) is 5.56 Å². The highest BCUT2D eigenvalue weighted by Gasteiger charge is 2.33. The average molecular weight is 364 g/mol. The van der Waals surface area contributed by atoms with Crippen LogP contribution in [0.25, 0.3) is 0 Å². The molecule has 0 saturated heterocycles. The van der Waals surface area contributed by atoms with Gasteiger partial charge in [-0.25, -0.2) is 13.1 Å². The number of ether oxygens (including phenoxy) is 1. The van der Waals surface area contributed by atoms with Gasteiger partial charge in [0.05, 0.1) is 17.6 Å². The van der Waals surface area contributed by atoms with E-state index in [1.807, 2.05) is 0 Å². The number of benzene rings is 1. The third kappa shape index (κ3) is 3.23. The van der Waals surface area contributed by atoms with Crippen LogP contribution in [0, 0.1) is 6.92 Å². The Morgan fingerprint density at radius 2 is 2.10 bits per heavy atom. The van der Waals surface area contributed by atoms with E-state index in [1.165, 1.54) is 6.07 Å². The first-order valence-electron chi connectivity index (χ1n) is 6.32. The van der Waals surface area contributed by atoms with Crippen molar-refractivity contribution >= 4 is 26.0 Å². The Kier molecular flexibility index (Phi) is 4.86. The zero-order chi connectivity index (χ0) is 14.9. The maximum absolute atomic E-state index is 12.4. The van der Waals surface area contributed by atoms with Gasteiger partial charge >= 0.3 is 0 Å². The number of aliphatic hydroxyl groups excluding tert-OH is 1. The van der Waals surface area contributed by atoms with Gasteiger partial charge < -0.3 is 9.84 Å². The van der Waals surface area contributed by atoms with Crippen LogP contribution in [-0.4, -0.2) is 32.8 Å². The van der Waals surface area contributed by atoms with Gasteiger partial charge in [0.15, 0.2) is 0 Å². The van der Waals surface area contributed by atoms with Crippen molar-refractivity contribution < 1.29 is 18.3 Å². The monoisotopic (exact) mass is 363 g/mol. The smallest absolute Gasteiger partial charge is 0.241 e. The lowest BCUT2D eigenvalue weighted by Crippen LogP contribution is -2.47. The summed E-state index contributed by atoms with van der Waals surface area (Å²) >= 11 is 3.31. The van der Waals surface area contributed by atoms with Gasteiger partial charge in [-0.15, -0.1) is 0 Å². The fourth-order valence-corrected chi connectivity index (χ4v) is 4.56. The van der Waals surface area contributed by atoms with Gasteiger partial charge in [0.1, 0.15) is 0 Å². The van der Waals surface area contributed by atoms with Crippen molar-refractivity contribution in [3.05, 3.63) is 27.7 Å². The molecule has 5 nitrogen and oxygen atoms in total. The molecule has 0 radical (unpaired) electrons.